The predicted octanol–water partition coefficient (Wildman–Crippen LogP) is 6.08. The predicted molar refractivity (Wildman–Crippen MR) is 147 cm³/mol. The van der Waals surface area contributed by atoms with Crippen molar-refractivity contribution in [3.05, 3.63) is 63.7 Å². The zero-order valence-corrected chi connectivity index (χ0v) is 24.1. The number of amides is 1. The molecule has 1 aliphatic carbocycles. The number of aromatic nitrogens is 4. The molecule has 0 radical (unpaired) electrons. The Morgan fingerprint density at radius 3 is 2.41 bits per heavy atom. The van der Waals surface area contributed by atoms with E-state index in [0.29, 0.717) is 49.2 Å². The van der Waals surface area contributed by atoms with E-state index in [1.165, 1.54) is 4.90 Å². The highest BCUT2D eigenvalue weighted by atomic mass is 19.4. The van der Waals surface area contributed by atoms with Gasteiger partial charge in [-0.2, -0.15) is 31.1 Å². The van der Waals surface area contributed by atoms with E-state index in [0.717, 1.165) is 28.8 Å². The standard InChI is InChI=1S/C29H32F6N6O3/c1-17(2)44-27(43)39-10-4-7-24(23-9-8-19-5-3-6-22(19)25(23)39)40(26-36-38-41(37-26)11-12-42)16-18-13-20(28(30,31)32)15-21(14-18)29(33,34)35/h8-9,13-15,17,24,42H,3-7,10-12,16H2,1-2H3. The minimum absolute atomic E-state index is 0.0216. The van der Waals surface area contributed by atoms with Crippen molar-refractivity contribution in [2.45, 2.75) is 83.5 Å². The van der Waals surface area contributed by atoms with Gasteiger partial charge in [0.05, 0.1) is 42.1 Å². The molecule has 44 heavy (non-hydrogen) atoms. The topological polar surface area (TPSA) is 96.6 Å². The van der Waals surface area contributed by atoms with Gasteiger partial charge >= 0.3 is 18.4 Å². The van der Waals surface area contributed by atoms with Crippen LogP contribution in [0.3, 0.4) is 0 Å². The Bertz CT molecular complexity index is 1470. The number of benzene rings is 2. The highest BCUT2D eigenvalue weighted by Crippen LogP contribution is 2.45. The summed E-state index contributed by atoms with van der Waals surface area (Å²) in [6.07, 6.45) is -7.76. The lowest BCUT2D eigenvalue weighted by Gasteiger charge is -2.33. The van der Waals surface area contributed by atoms with Crippen LogP contribution in [0, 0.1) is 0 Å². The summed E-state index contributed by atoms with van der Waals surface area (Å²) >= 11 is 0. The zero-order chi connectivity index (χ0) is 31.8. The van der Waals surface area contributed by atoms with Crippen molar-refractivity contribution in [3.63, 3.8) is 0 Å². The number of carbonyl (C=O) groups excluding carboxylic acids is 1. The summed E-state index contributed by atoms with van der Waals surface area (Å²) in [6, 6.07) is 4.62. The van der Waals surface area contributed by atoms with E-state index < -0.39 is 42.2 Å². The number of aliphatic hydroxyl groups excluding tert-OH is 1. The summed E-state index contributed by atoms with van der Waals surface area (Å²) in [6.45, 7) is 3.02. The van der Waals surface area contributed by atoms with Crippen LogP contribution in [0.15, 0.2) is 30.3 Å². The average Bonchev–Trinajstić information content (AvgIpc) is 3.56. The monoisotopic (exact) mass is 626 g/mol. The first kappa shape index (κ1) is 31.5. The number of hydrogen-bond acceptors (Lipinski definition) is 7. The van der Waals surface area contributed by atoms with Crippen molar-refractivity contribution < 1.29 is 41.0 Å². The molecule has 5 rings (SSSR count). The first-order valence-corrected chi connectivity index (χ1v) is 14.3. The van der Waals surface area contributed by atoms with Crippen LogP contribution in [0.2, 0.25) is 0 Å². The molecule has 1 amide bonds. The molecule has 0 saturated heterocycles. The van der Waals surface area contributed by atoms with Crippen LogP contribution in [0.5, 0.6) is 0 Å². The van der Waals surface area contributed by atoms with Crippen molar-refractivity contribution in [1.29, 1.82) is 0 Å². The number of ether oxygens (including phenoxy) is 1. The summed E-state index contributed by atoms with van der Waals surface area (Å²) in [4.78, 5) is 17.5. The maximum Gasteiger partial charge on any atom is 0.416 e. The molecule has 0 fully saturated rings. The second-order valence-electron chi connectivity index (χ2n) is 11.2. The van der Waals surface area contributed by atoms with Crippen LogP contribution in [0.4, 0.5) is 42.8 Å². The third-order valence-corrected chi connectivity index (χ3v) is 7.70. The van der Waals surface area contributed by atoms with Gasteiger partial charge in [0.15, 0.2) is 0 Å². The molecule has 0 bridgehead atoms. The van der Waals surface area contributed by atoms with Gasteiger partial charge in [0, 0.05) is 13.1 Å². The van der Waals surface area contributed by atoms with Gasteiger partial charge in [-0.1, -0.05) is 17.2 Å². The van der Waals surface area contributed by atoms with Crippen molar-refractivity contribution in [3.8, 4) is 0 Å². The highest BCUT2D eigenvalue weighted by Gasteiger charge is 2.39. The smallest absolute Gasteiger partial charge is 0.416 e. The number of carbonyl (C=O) groups is 1. The van der Waals surface area contributed by atoms with Crippen LogP contribution in [-0.4, -0.2) is 50.7 Å². The van der Waals surface area contributed by atoms with Crippen LogP contribution < -0.4 is 9.80 Å². The third kappa shape index (κ3) is 6.61. The molecule has 2 aliphatic rings. The normalized spacial score (nSPS) is 17.0. The molecule has 0 spiro atoms. The van der Waals surface area contributed by atoms with Gasteiger partial charge in [0.25, 0.3) is 5.95 Å². The molecule has 1 aromatic heterocycles. The van der Waals surface area contributed by atoms with E-state index >= 15 is 0 Å². The minimum atomic E-state index is -5.02. The van der Waals surface area contributed by atoms with Crippen molar-refractivity contribution in [2.24, 2.45) is 0 Å². The Morgan fingerprint density at radius 2 is 1.77 bits per heavy atom. The van der Waals surface area contributed by atoms with Gasteiger partial charge in [-0.3, -0.25) is 4.90 Å². The SMILES string of the molecule is CC(C)OC(=O)N1CCCC(N(Cc2cc(C(F)(F)F)cc(C(F)(F)F)c2)c2nnn(CCO)n2)c2ccc3c(c21)CCC3. The quantitative estimate of drug-likeness (QED) is 0.318. The molecule has 1 N–H and O–H groups in total. The summed E-state index contributed by atoms with van der Waals surface area (Å²) in [5.74, 6) is -0.0425. The second-order valence-corrected chi connectivity index (χ2v) is 11.2. The number of fused-ring (bicyclic) bond motifs is 3. The third-order valence-electron chi connectivity index (χ3n) is 7.70. The Balaban J connectivity index is 1.66. The fraction of sp³-hybridized carbons (Fsp3) is 0.517. The molecular weight excluding hydrogens is 594 g/mol. The lowest BCUT2D eigenvalue weighted by atomic mass is 9.94. The van der Waals surface area contributed by atoms with Crippen molar-refractivity contribution >= 4 is 17.7 Å². The summed E-state index contributed by atoms with van der Waals surface area (Å²) in [5, 5.41) is 21.6. The number of alkyl halides is 6. The maximum atomic E-state index is 13.7. The minimum Gasteiger partial charge on any atom is -0.446 e. The Labute approximate surface area is 249 Å². The van der Waals surface area contributed by atoms with E-state index in [1.807, 2.05) is 12.1 Å². The molecule has 238 valence electrons. The maximum absolute atomic E-state index is 13.7. The zero-order valence-electron chi connectivity index (χ0n) is 24.1. The lowest BCUT2D eigenvalue weighted by Crippen LogP contribution is -2.35. The molecule has 1 atom stereocenters. The van der Waals surface area contributed by atoms with Crippen molar-refractivity contribution in [2.75, 3.05) is 23.0 Å². The van der Waals surface area contributed by atoms with E-state index in [1.54, 1.807) is 18.7 Å². The summed E-state index contributed by atoms with van der Waals surface area (Å²) < 4.78 is 88.0. The van der Waals surface area contributed by atoms with E-state index in [2.05, 4.69) is 15.4 Å². The van der Waals surface area contributed by atoms with Crippen LogP contribution in [0.25, 0.3) is 0 Å². The molecule has 9 nitrogen and oxygen atoms in total. The summed E-state index contributed by atoms with van der Waals surface area (Å²) in [7, 11) is 0. The molecule has 1 unspecified atom stereocenters. The van der Waals surface area contributed by atoms with E-state index in [-0.39, 0.29) is 36.8 Å². The fourth-order valence-electron chi connectivity index (χ4n) is 5.90. The van der Waals surface area contributed by atoms with E-state index in [9.17, 15) is 36.2 Å². The van der Waals surface area contributed by atoms with Gasteiger partial charge in [0.1, 0.15) is 0 Å². The number of anilines is 2. The highest BCUT2D eigenvalue weighted by molar-refractivity contribution is 5.91. The molecule has 0 saturated carbocycles. The molecule has 1 aliphatic heterocycles. The first-order valence-electron chi connectivity index (χ1n) is 14.3. The number of hydrogen-bond donors (Lipinski definition) is 1. The van der Waals surface area contributed by atoms with Crippen LogP contribution >= 0.6 is 0 Å². The largest absolute Gasteiger partial charge is 0.446 e. The Morgan fingerprint density at radius 1 is 1.07 bits per heavy atom. The number of tetrazole rings is 1. The van der Waals surface area contributed by atoms with Gasteiger partial charge in [0.2, 0.25) is 0 Å². The fourth-order valence-corrected chi connectivity index (χ4v) is 5.90. The average molecular weight is 627 g/mol. The molecule has 2 heterocycles. The molecule has 2 aromatic carbocycles. The number of rotatable bonds is 7. The first-order chi connectivity index (χ1) is 20.8. The Hall–Kier alpha value is -3.88. The summed E-state index contributed by atoms with van der Waals surface area (Å²) in [5.41, 5.74) is 0.213. The van der Waals surface area contributed by atoms with Gasteiger partial charge in [-0.25, -0.2) is 4.79 Å². The van der Waals surface area contributed by atoms with E-state index in [4.69, 9.17) is 4.74 Å². The van der Waals surface area contributed by atoms with Gasteiger partial charge in [-0.05, 0) is 91.6 Å². The van der Waals surface area contributed by atoms with Gasteiger partial charge in [-0.15, -0.1) is 5.10 Å². The number of aryl methyl sites for hydroxylation is 1. The molecule has 15 heteroatoms. The number of halogens is 6. The van der Waals surface area contributed by atoms with Crippen LogP contribution in [-0.2, 0) is 43.0 Å². The Kier molecular flexibility index (Phi) is 8.78. The molecule has 3 aromatic rings. The second kappa shape index (κ2) is 12.3. The lowest BCUT2D eigenvalue weighted by molar-refractivity contribution is -0.143. The van der Waals surface area contributed by atoms with Crippen molar-refractivity contribution in [1.82, 2.24) is 20.2 Å². The van der Waals surface area contributed by atoms with Crippen LogP contribution in [0.1, 0.15) is 72.5 Å². The van der Waals surface area contributed by atoms with Gasteiger partial charge < -0.3 is 14.7 Å². The number of nitrogens with zero attached hydrogens (tertiary/aromatic N) is 6. The number of aliphatic hydroxyl groups is 1. The molecular formula is C29H32F6N6O3.